The topological polar surface area (TPSA) is 244 Å². The van der Waals surface area contributed by atoms with Gasteiger partial charge >= 0.3 is 6.09 Å². The number of nitrogens with zero attached hydrogens (tertiary/aromatic N) is 2. The van der Waals surface area contributed by atoms with Crippen molar-refractivity contribution in [1.82, 2.24) is 26.0 Å². The fraction of sp³-hybridized carbons (Fsp3) is 0.405. The molecule has 5 rings (SSSR count). The highest BCUT2D eigenvalue weighted by Crippen LogP contribution is 2.37. The SMILES string of the molecule is Cc1ccc(S(=O)(=O)C2=C(C(=O)N[C@@H](CCCCNC(=O)OC(C)(C)C)C(O)C(=O)NCc3ccc(C(N)=O)cc3)N3C(=O)C(N)(Cc4ccc(F)cc4)CCN3C2)cc1. The fourth-order valence-corrected chi connectivity index (χ4v) is 8.39. The molecule has 60 heavy (non-hydrogen) atoms. The van der Waals surface area contributed by atoms with Crippen LogP contribution < -0.4 is 27.4 Å². The van der Waals surface area contributed by atoms with Crippen LogP contribution in [0.15, 0.2) is 88.3 Å². The summed E-state index contributed by atoms with van der Waals surface area (Å²) in [6.45, 7) is 6.75. The Morgan fingerprint density at radius 2 is 1.58 bits per heavy atom. The van der Waals surface area contributed by atoms with Crippen LogP contribution in [0.4, 0.5) is 9.18 Å². The van der Waals surface area contributed by atoms with Gasteiger partial charge in [0.15, 0.2) is 6.10 Å². The van der Waals surface area contributed by atoms with Gasteiger partial charge in [0.1, 0.15) is 22.7 Å². The second-order valence-electron chi connectivity index (χ2n) is 16.0. The maximum absolute atomic E-state index is 14.6. The number of rotatable bonds is 16. The minimum atomic E-state index is -4.42. The summed E-state index contributed by atoms with van der Waals surface area (Å²) in [5.41, 5.74) is 11.3. The minimum absolute atomic E-state index is 0.0278. The Kier molecular flexibility index (Phi) is 14.2. The number of hydrogen-bond acceptors (Lipinski definition) is 11. The van der Waals surface area contributed by atoms with Gasteiger partial charge in [0.2, 0.25) is 15.7 Å². The number of sulfone groups is 1. The number of carbonyl (C=O) groups is 5. The number of unbranched alkanes of at least 4 members (excludes halogenated alkanes) is 1. The first-order chi connectivity index (χ1) is 28.2. The monoisotopic (exact) mass is 849 g/mol. The number of nitrogens with two attached hydrogens (primary N) is 2. The molecule has 0 bridgehead atoms. The summed E-state index contributed by atoms with van der Waals surface area (Å²) in [6.07, 6.45) is -1.92. The van der Waals surface area contributed by atoms with E-state index in [1.54, 1.807) is 52.0 Å². The molecule has 2 aliphatic rings. The lowest BCUT2D eigenvalue weighted by Crippen LogP contribution is -2.65. The van der Waals surface area contributed by atoms with E-state index in [1.165, 1.54) is 53.5 Å². The van der Waals surface area contributed by atoms with E-state index in [9.17, 15) is 41.9 Å². The smallest absolute Gasteiger partial charge is 0.407 e. The van der Waals surface area contributed by atoms with Gasteiger partial charge in [0.25, 0.3) is 17.7 Å². The molecule has 0 radical (unpaired) electrons. The normalized spacial score (nSPS) is 18.1. The molecule has 18 heteroatoms. The first-order valence-electron chi connectivity index (χ1n) is 19.5. The van der Waals surface area contributed by atoms with Crippen LogP contribution in [0.1, 0.15) is 73.5 Å². The lowest BCUT2D eigenvalue weighted by molar-refractivity contribution is -0.157. The number of aryl methyl sites for hydroxylation is 1. The van der Waals surface area contributed by atoms with Gasteiger partial charge in [0.05, 0.1) is 22.4 Å². The molecular formula is C42H52FN7O9S. The van der Waals surface area contributed by atoms with Crippen molar-refractivity contribution in [3.05, 3.63) is 111 Å². The van der Waals surface area contributed by atoms with Gasteiger partial charge in [-0.1, -0.05) is 42.0 Å². The number of hydrazine groups is 1. The number of halogens is 1. The van der Waals surface area contributed by atoms with Gasteiger partial charge in [-0.15, -0.1) is 0 Å². The summed E-state index contributed by atoms with van der Waals surface area (Å²) in [7, 11) is -4.42. The third-order valence-electron chi connectivity index (χ3n) is 10.1. The Morgan fingerprint density at radius 3 is 2.20 bits per heavy atom. The molecule has 1 saturated heterocycles. The molecule has 2 aliphatic heterocycles. The van der Waals surface area contributed by atoms with Gasteiger partial charge in [-0.05, 0) is 107 Å². The van der Waals surface area contributed by atoms with Crippen LogP contribution in [-0.2, 0) is 41.9 Å². The third-order valence-corrected chi connectivity index (χ3v) is 12.0. The van der Waals surface area contributed by atoms with Crippen molar-refractivity contribution in [2.75, 3.05) is 19.6 Å². The number of hydrogen-bond donors (Lipinski definition) is 6. The van der Waals surface area contributed by atoms with E-state index in [0.29, 0.717) is 17.5 Å². The zero-order valence-corrected chi connectivity index (χ0v) is 34.8. The van der Waals surface area contributed by atoms with Crippen molar-refractivity contribution in [1.29, 1.82) is 0 Å². The van der Waals surface area contributed by atoms with E-state index in [2.05, 4.69) is 16.0 Å². The maximum atomic E-state index is 14.6. The van der Waals surface area contributed by atoms with Gasteiger partial charge in [-0.25, -0.2) is 27.6 Å². The molecule has 3 aromatic carbocycles. The first-order valence-corrected chi connectivity index (χ1v) is 21.0. The predicted molar refractivity (Wildman–Crippen MR) is 218 cm³/mol. The van der Waals surface area contributed by atoms with Gasteiger partial charge < -0.3 is 37.3 Å². The summed E-state index contributed by atoms with van der Waals surface area (Å²) in [5, 5.41) is 21.7. The molecule has 2 heterocycles. The number of nitrogens with one attached hydrogen (secondary N) is 3. The number of aliphatic hydroxyl groups excluding tert-OH is 1. The number of primary amides is 1. The van der Waals surface area contributed by atoms with Crippen LogP contribution in [0, 0.1) is 12.7 Å². The standard InChI is InChI=1S/C42H52FN7O9S/c1-26-8-18-31(19-9-26)60(57,58)33-25-49-22-20-42(45,23-27-12-16-30(43)17-13-27)39(55)50(49)34(33)37(53)48-32(7-5-6-21-46-40(56)59-41(2,3)4)35(51)38(54)47-24-28-10-14-29(15-11-28)36(44)52/h8-19,32,35,51H,5-7,20-25,45H2,1-4H3,(H2,44,52)(H,46,56)(H,47,54)(H,48,53)/t32-,35?,42?/m0/s1. The van der Waals surface area contributed by atoms with Crippen molar-refractivity contribution in [3.63, 3.8) is 0 Å². The van der Waals surface area contributed by atoms with Crippen molar-refractivity contribution in [2.24, 2.45) is 11.5 Å². The molecule has 322 valence electrons. The lowest BCUT2D eigenvalue weighted by atomic mass is 9.86. The summed E-state index contributed by atoms with van der Waals surface area (Å²) in [4.78, 5) is 65.7. The van der Waals surface area contributed by atoms with Crippen molar-refractivity contribution in [3.8, 4) is 0 Å². The molecule has 0 spiro atoms. The number of benzene rings is 3. The number of ether oxygens (including phenoxy) is 1. The van der Waals surface area contributed by atoms with Crippen LogP contribution in [0.25, 0.3) is 0 Å². The molecule has 5 amide bonds. The Morgan fingerprint density at radius 1 is 0.950 bits per heavy atom. The molecule has 3 aromatic rings. The highest BCUT2D eigenvalue weighted by Gasteiger charge is 2.52. The Bertz CT molecular complexity index is 2230. The third kappa shape index (κ3) is 11.1. The fourth-order valence-electron chi connectivity index (χ4n) is 6.85. The van der Waals surface area contributed by atoms with Crippen LogP contribution in [-0.4, -0.2) is 96.2 Å². The Labute approximate surface area is 348 Å². The predicted octanol–water partition coefficient (Wildman–Crippen LogP) is 2.48. The van der Waals surface area contributed by atoms with E-state index in [-0.39, 0.29) is 67.2 Å². The van der Waals surface area contributed by atoms with E-state index in [1.807, 2.05) is 0 Å². The average Bonchev–Trinajstić information content (AvgIpc) is 3.59. The summed E-state index contributed by atoms with van der Waals surface area (Å²) in [5.74, 6) is -3.83. The second kappa shape index (κ2) is 18.7. The zero-order chi connectivity index (χ0) is 44.0. The number of fused-ring (bicyclic) bond motifs is 1. The summed E-state index contributed by atoms with van der Waals surface area (Å²) in [6, 6.07) is 16.2. The first kappa shape index (κ1) is 45.4. The van der Waals surface area contributed by atoms with Crippen LogP contribution in [0.3, 0.4) is 0 Å². The molecule has 16 nitrogen and oxygen atoms in total. The second-order valence-corrected chi connectivity index (χ2v) is 18.0. The van der Waals surface area contributed by atoms with Gasteiger partial charge in [-0.3, -0.25) is 19.2 Å². The molecule has 0 saturated carbocycles. The summed E-state index contributed by atoms with van der Waals surface area (Å²) < 4.78 is 47.7. The largest absolute Gasteiger partial charge is 0.444 e. The van der Waals surface area contributed by atoms with Crippen LogP contribution in [0.2, 0.25) is 0 Å². The molecule has 2 unspecified atom stereocenters. The van der Waals surface area contributed by atoms with E-state index >= 15 is 0 Å². The van der Waals surface area contributed by atoms with Crippen molar-refractivity contribution in [2.45, 2.75) is 94.5 Å². The molecule has 8 N–H and O–H groups in total. The number of carbonyl (C=O) groups excluding carboxylic acids is 5. The molecule has 0 aliphatic carbocycles. The maximum Gasteiger partial charge on any atom is 0.407 e. The Balaban J connectivity index is 1.45. The quantitative estimate of drug-likeness (QED) is 0.114. The number of amides is 5. The highest BCUT2D eigenvalue weighted by atomic mass is 32.2. The van der Waals surface area contributed by atoms with E-state index < -0.39 is 74.4 Å². The van der Waals surface area contributed by atoms with Gasteiger partial charge in [-0.2, -0.15) is 0 Å². The van der Waals surface area contributed by atoms with Crippen molar-refractivity contribution >= 4 is 39.6 Å². The summed E-state index contributed by atoms with van der Waals surface area (Å²) >= 11 is 0. The average molecular weight is 850 g/mol. The molecule has 1 fully saturated rings. The highest BCUT2D eigenvalue weighted by molar-refractivity contribution is 7.95. The van der Waals surface area contributed by atoms with Crippen molar-refractivity contribution < 1.29 is 46.6 Å². The Hall–Kier alpha value is -5.69. The zero-order valence-electron chi connectivity index (χ0n) is 34.0. The minimum Gasteiger partial charge on any atom is -0.444 e. The number of aliphatic hydroxyl groups is 1. The molecular weight excluding hydrogens is 798 g/mol. The van der Waals surface area contributed by atoms with Crippen LogP contribution >= 0.6 is 0 Å². The van der Waals surface area contributed by atoms with E-state index in [4.69, 9.17) is 16.2 Å². The number of alkyl carbamates (subject to hydrolysis) is 1. The molecule has 3 atom stereocenters. The van der Waals surface area contributed by atoms with Gasteiger partial charge in [0, 0.05) is 25.2 Å². The lowest BCUT2D eigenvalue weighted by Gasteiger charge is -2.43. The molecule has 0 aromatic heterocycles. The van der Waals surface area contributed by atoms with Crippen LogP contribution in [0.5, 0.6) is 0 Å². The van der Waals surface area contributed by atoms with E-state index in [0.717, 1.165) is 10.6 Å².